The van der Waals surface area contributed by atoms with E-state index >= 15 is 0 Å². The normalized spacial score (nSPS) is 12.2. The van der Waals surface area contributed by atoms with Crippen LogP contribution in [0.3, 0.4) is 0 Å². The molecule has 4 aromatic rings. The first-order chi connectivity index (χ1) is 11.8. The van der Waals surface area contributed by atoms with Crippen LogP contribution in [0.4, 0.5) is 0 Å². The zero-order valence-corrected chi connectivity index (χ0v) is 15.1. The number of fused-ring (bicyclic) bond motifs is 3. The topological polar surface area (TPSA) is 62.5 Å². The predicted octanol–water partition coefficient (Wildman–Crippen LogP) is 4.89. The molecule has 1 heterocycles. The summed E-state index contributed by atoms with van der Waals surface area (Å²) in [7, 11) is -4.28. The Kier molecular flexibility index (Phi) is 3.91. The Morgan fingerprint density at radius 3 is 1.68 bits per heavy atom. The molecule has 0 atom stereocenters. The summed E-state index contributed by atoms with van der Waals surface area (Å²) in [6.45, 7) is 0. The standard InChI is InChI=1S/C18H12Cl2NO3P/c19-11-1-7-15-16-8-2-12(20)10-18(16)21(17(15)9-11)13-3-5-14(6-4-13)25(22,23)24/h1-10H,(H2,22,23,24). The van der Waals surface area contributed by atoms with Gasteiger partial charge in [-0.25, -0.2) is 0 Å². The van der Waals surface area contributed by atoms with Gasteiger partial charge in [-0.15, -0.1) is 0 Å². The van der Waals surface area contributed by atoms with Crippen molar-refractivity contribution in [3.8, 4) is 5.69 Å². The Morgan fingerprint density at radius 2 is 1.24 bits per heavy atom. The van der Waals surface area contributed by atoms with E-state index in [2.05, 4.69) is 0 Å². The van der Waals surface area contributed by atoms with Crippen LogP contribution in [0.25, 0.3) is 27.5 Å². The highest BCUT2D eigenvalue weighted by molar-refractivity contribution is 7.60. The predicted molar refractivity (Wildman–Crippen MR) is 102 cm³/mol. The van der Waals surface area contributed by atoms with Crippen LogP contribution in [0.1, 0.15) is 0 Å². The third-order valence-electron chi connectivity index (χ3n) is 4.14. The van der Waals surface area contributed by atoms with E-state index in [1.54, 1.807) is 12.1 Å². The molecule has 0 saturated carbocycles. The van der Waals surface area contributed by atoms with Crippen LogP contribution in [0, 0.1) is 0 Å². The van der Waals surface area contributed by atoms with Crippen molar-refractivity contribution in [1.82, 2.24) is 4.57 Å². The van der Waals surface area contributed by atoms with Crippen molar-refractivity contribution in [3.05, 3.63) is 70.7 Å². The highest BCUT2D eigenvalue weighted by Gasteiger charge is 2.18. The van der Waals surface area contributed by atoms with Gasteiger partial charge in [-0.05, 0) is 48.5 Å². The average Bonchev–Trinajstić information content (AvgIpc) is 2.86. The van der Waals surface area contributed by atoms with Gasteiger partial charge >= 0.3 is 7.60 Å². The molecule has 1 aromatic heterocycles. The van der Waals surface area contributed by atoms with Crippen molar-refractivity contribution in [1.29, 1.82) is 0 Å². The van der Waals surface area contributed by atoms with E-state index in [0.29, 0.717) is 10.0 Å². The number of hydrogen-bond acceptors (Lipinski definition) is 1. The van der Waals surface area contributed by atoms with Gasteiger partial charge in [-0.2, -0.15) is 0 Å². The molecule has 0 saturated heterocycles. The van der Waals surface area contributed by atoms with E-state index in [1.165, 1.54) is 12.1 Å². The minimum atomic E-state index is -4.28. The lowest BCUT2D eigenvalue weighted by atomic mass is 10.1. The fourth-order valence-electron chi connectivity index (χ4n) is 3.04. The summed E-state index contributed by atoms with van der Waals surface area (Å²) in [6.07, 6.45) is 0. The summed E-state index contributed by atoms with van der Waals surface area (Å²) in [5, 5.41) is 3.24. The third-order valence-corrected chi connectivity index (χ3v) is 5.58. The summed E-state index contributed by atoms with van der Waals surface area (Å²) in [5.74, 6) is 0. The molecule has 0 fully saturated rings. The van der Waals surface area contributed by atoms with Crippen molar-refractivity contribution >= 4 is 57.9 Å². The first kappa shape index (κ1) is 16.6. The van der Waals surface area contributed by atoms with Gasteiger partial charge in [0.25, 0.3) is 0 Å². The van der Waals surface area contributed by atoms with Gasteiger partial charge in [0, 0.05) is 26.5 Å². The van der Waals surface area contributed by atoms with Gasteiger partial charge in [0.1, 0.15) is 0 Å². The Hall–Kier alpha value is -1.81. The number of benzene rings is 3. The van der Waals surface area contributed by atoms with E-state index in [0.717, 1.165) is 27.5 Å². The van der Waals surface area contributed by atoms with Crippen molar-refractivity contribution < 1.29 is 14.4 Å². The molecular formula is C18H12Cl2NO3P. The molecule has 0 aliphatic rings. The van der Waals surface area contributed by atoms with E-state index in [9.17, 15) is 14.4 Å². The first-order valence-electron chi connectivity index (χ1n) is 7.40. The average molecular weight is 392 g/mol. The lowest BCUT2D eigenvalue weighted by Crippen LogP contribution is -2.04. The maximum atomic E-state index is 11.4. The smallest absolute Gasteiger partial charge is 0.321 e. The Labute approximate surface area is 153 Å². The van der Waals surface area contributed by atoms with Crippen LogP contribution in [0.5, 0.6) is 0 Å². The lowest BCUT2D eigenvalue weighted by molar-refractivity contribution is 0.387. The SMILES string of the molecule is O=P(O)(O)c1ccc(-n2c3cc(Cl)ccc3c3ccc(Cl)cc32)cc1. The Balaban J connectivity index is 2.06. The highest BCUT2D eigenvalue weighted by Crippen LogP contribution is 2.36. The molecule has 4 nitrogen and oxygen atoms in total. The lowest BCUT2D eigenvalue weighted by Gasteiger charge is -2.10. The zero-order valence-electron chi connectivity index (χ0n) is 12.7. The summed E-state index contributed by atoms with van der Waals surface area (Å²) in [6, 6.07) is 17.5. The van der Waals surface area contributed by atoms with Crippen molar-refractivity contribution in [2.24, 2.45) is 0 Å². The van der Waals surface area contributed by atoms with Crippen LogP contribution in [-0.2, 0) is 4.57 Å². The van der Waals surface area contributed by atoms with Crippen molar-refractivity contribution in [2.75, 3.05) is 0 Å². The van der Waals surface area contributed by atoms with Crippen LogP contribution in [0.2, 0.25) is 10.0 Å². The molecule has 4 rings (SSSR count). The van der Waals surface area contributed by atoms with Gasteiger partial charge in [0.15, 0.2) is 0 Å². The number of aromatic nitrogens is 1. The molecule has 126 valence electrons. The summed E-state index contributed by atoms with van der Waals surface area (Å²) < 4.78 is 13.4. The molecule has 0 radical (unpaired) electrons. The summed E-state index contributed by atoms with van der Waals surface area (Å²) in [4.78, 5) is 18.6. The monoisotopic (exact) mass is 391 g/mol. The van der Waals surface area contributed by atoms with Gasteiger partial charge in [-0.3, -0.25) is 4.57 Å². The van der Waals surface area contributed by atoms with E-state index in [4.69, 9.17) is 23.2 Å². The van der Waals surface area contributed by atoms with E-state index in [-0.39, 0.29) is 5.30 Å². The van der Waals surface area contributed by atoms with Crippen LogP contribution in [0.15, 0.2) is 60.7 Å². The molecule has 0 amide bonds. The molecule has 0 unspecified atom stereocenters. The van der Waals surface area contributed by atoms with Crippen LogP contribution < -0.4 is 5.30 Å². The van der Waals surface area contributed by atoms with Gasteiger partial charge < -0.3 is 14.4 Å². The minimum absolute atomic E-state index is 0.0203. The maximum Gasteiger partial charge on any atom is 0.356 e. The molecule has 7 heteroatoms. The number of nitrogens with zero attached hydrogens (tertiary/aromatic N) is 1. The summed E-state index contributed by atoms with van der Waals surface area (Å²) in [5.41, 5.74) is 2.56. The first-order valence-corrected chi connectivity index (χ1v) is 9.77. The zero-order chi connectivity index (χ0) is 17.8. The third kappa shape index (κ3) is 2.86. The fraction of sp³-hybridized carbons (Fsp3) is 0. The molecule has 0 aliphatic heterocycles. The maximum absolute atomic E-state index is 11.4. The van der Waals surface area contributed by atoms with Gasteiger partial charge in [-0.1, -0.05) is 35.3 Å². The number of halogens is 2. The number of hydrogen-bond donors (Lipinski definition) is 2. The number of rotatable bonds is 2. The molecule has 3 aromatic carbocycles. The minimum Gasteiger partial charge on any atom is -0.321 e. The molecule has 0 spiro atoms. The Bertz CT molecular complexity index is 1100. The van der Waals surface area contributed by atoms with Crippen LogP contribution >= 0.6 is 30.8 Å². The molecule has 25 heavy (non-hydrogen) atoms. The molecule has 0 bridgehead atoms. The largest absolute Gasteiger partial charge is 0.356 e. The highest BCUT2D eigenvalue weighted by atomic mass is 35.5. The van der Waals surface area contributed by atoms with Gasteiger partial charge in [0.05, 0.1) is 16.3 Å². The van der Waals surface area contributed by atoms with Crippen molar-refractivity contribution in [2.45, 2.75) is 0 Å². The molecule has 0 aliphatic carbocycles. The Morgan fingerprint density at radius 1 is 0.760 bits per heavy atom. The van der Waals surface area contributed by atoms with Gasteiger partial charge in [0.2, 0.25) is 0 Å². The molecular weight excluding hydrogens is 380 g/mol. The van der Waals surface area contributed by atoms with E-state index < -0.39 is 7.60 Å². The second kappa shape index (κ2) is 5.87. The van der Waals surface area contributed by atoms with Crippen molar-refractivity contribution in [3.63, 3.8) is 0 Å². The fourth-order valence-corrected chi connectivity index (χ4v) is 3.91. The second-order valence-corrected chi connectivity index (χ2v) is 8.20. The second-order valence-electron chi connectivity index (χ2n) is 5.72. The summed E-state index contributed by atoms with van der Waals surface area (Å²) >= 11 is 12.4. The van der Waals surface area contributed by atoms with Crippen LogP contribution in [-0.4, -0.2) is 14.4 Å². The molecule has 2 N–H and O–H groups in total. The van der Waals surface area contributed by atoms with E-state index in [1.807, 2.05) is 41.0 Å². The quantitative estimate of drug-likeness (QED) is 0.478.